The summed E-state index contributed by atoms with van der Waals surface area (Å²) in [6.07, 6.45) is 2.12. The molecule has 0 unspecified atom stereocenters. The van der Waals surface area contributed by atoms with Gasteiger partial charge in [-0.3, -0.25) is 0 Å². The van der Waals surface area contributed by atoms with Crippen LogP contribution in [0, 0.1) is 6.92 Å². The van der Waals surface area contributed by atoms with Crippen LogP contribution < -0.4 is 4.31 Å². The highest BCUT2D eigenvalue weighted by Crippen LogP contribution is 2.33. The van der Waals surface area contributed by atoms with Gasteiger partial charge in [0.1, 0.15) is 11.2 Å². The largest absolute Gasteiger partial charge is 0.267 e. The molecule has 0 bridgehead atoms. The fourth-order valence-electron chi connectivity index (χ4n) is 2.11. The molecule has 0 aromatic carbocycles. The van der Waals surface area contributed by atoms with Crippen LogP contribution in [0.5, 0.6) is 0 Å². The van der Waals surface area contributed by atoms with Gasteiger partial charge >= 0.3 is 0 Å². The smallest absolute Gasteiger partial charge is 0.234 e. The number of halogens is 1. The Hall–Kier alpha value is -0.930. The number of rotatable bonds is 2. The standard InChI is InChI=1S/C10H11BrN4O2S2/c1-7-8(5-9(11)18-7)19(16,17)15-4-2-3-14-10(15)12-6-13-14/h5-6H,2-4H2,1H3. The van der Waals surface area contributed by atoms with Crippen LogP contribution in [-0.2, 0) is 16.6 Å². The quantitative estimate of drug-likeness (QED) is 0.819. The van der Waals surface area contributed by atoms with Crippen molar-refractivity contribution in [1.82, 2.24) is 14.8 Å². The molecule has 0 saturated carbocycles. The molecule has 3 heterocycles. The highest BCUT2D eigenvalue weighted by atomic mass is 79.9. The lowest BCUT2D eigenvalue weighted by Gasteiger charge is -2.27. The first-order chi connectivity index (χ1) is 9.00. The van der Waals surface area contributed by atoms with Gasteiger partial charge in [0.15, 0.2) is 0 Å². The first-order valence-corrected chi connectivity index (χ1v) is 8.71. The molecular formula is C10H11BrN4O2S2. The Bertz CT molecular complexity index is 722. The maximum atomic E-state index is 12.7. The Kier molecular flexibility index (Phi) is 3.14. The van der Waals surface area contributed by atoms with Crippen LogP contribution >= 0.6 is 27.3 Å². The normalized spacial score (nSPS) is 15.6. The Morgan fingerprint density at radius 2 is 2.21 bits per heavy atom. The lowest BCUT2D eigenvalue weighted by atomic mass is 10.4. The molecule has 6 nitrogen and oxygen atoms in total. The number of aromatic nitrogens is 3. The van der Waals surface area contributed by atoms with E-state index in [9.17, 15) is 8.42 Å². The maximum absolute atomic E-state index is 12.7. The van der Waals surface area contributed by atoms with Gasteiger partial charge in [-0.05, 0) is 35.3 Å². The minimum atomic E-state index is -3.56. The van der Waals surface area contributed by atoms with E-state index in [1.165, 1.54) is 22.0 Å². The van der Waals surface area contributed by atoms with Gasteiger partial charge in [0, 0.05) is 18.0 Å². The lowest BCUT2D eigenvalue weighted by molar-refractivity contribution is 0.529. The number of thiophene rings is 1. The Morgan fingerprint density at radius 1 is 1.42 bits per heavy atom. The summed E-state index contributed by atoms with van der Waals surface area (Å²) >= 11 is 4.74. The van der Waals surface area contributed by atoms with Crippen molar-refractivity contribution in [3.8, 4) is 0 Å². The first kappa shape index (κ1) is 13.1. The molecule has 0 radical (unpaired) electrons. The summed E-state index contributed by atoms with van der Waals surface area (Å²) in [5.41, 5.74) is 0. The number of hydrogen-bond acceptors (Lipinski definition) is 5. The third-order valence-electron chi connectivity index (χ3n) is 2.96. The van der Waals surface area contributed by atoms with Crippen LogP contribution in [0.25, 0.3) is 0 Å². The van der Waals surface area contributed by atoms with Crippen LogP contribution in [-0.4, -0.2) is 29.7 Å². The number of aryl methyl sites for hydroxylation is 2. The van der Waals surface area contributed by atoms with Crippen molar-refractivity contribution in [2.75, 3.05) is 10.8 Å². The molecule has 102 valence electrons. The van der Waals surface area contributed by atoms with Crippen LogP contribution in [0.2, 0.25) is 0 Å². The van der Waals surface area contributed by atoms with Crippen LogP contribution in [0.4, 0.5) is 5.95 Å². The molecule has 19 heavy (non-hydrogen) atoms. The number of fused-ring (bicyclic) bond motifs is 1. The minimum absolute atomic E-state index is 0.334. The third kappa shape index (κ3) is 2.09. The van der Waals surface area contributed by atoms with Crippen molar-refractivity contribution in [3.05, 3.63) is 21.1 Å². The molecule has 1 aliphatic rings. The molecule has 0 spiro atoms. The van der Waals surface area contributed by atoms with Crippen LogP contribution in [0.3, 0.4) is 0 Å². The molecule has 9 heteroatoms. The third-order valence-corrected chi connectivity index (χ3v) is 6.55. The fourth-order valence-corrected chi connectivity index (χ4v) is 5.95. The molecule has 0 fully saturated rings. The molecule has 0 atom stereocenters. The van der Waals surface area contributed by atoms with Gasteiger partial charge in [-0.2, -0.15) is 10.1 Å². The van der Waals surface area contributed by atoms with Crippen molar-refractivity contribution in [3.63, 3.8) is 0 Å². The summed E-state index contributed by atoms with van der Waals surface area (Å²) in [4.78, 5) is 5.16. The maximum Gasteiger partial charge on any atom is 0.267 e. The highest BCUT2D eigenvalue weighted by molar-refractivity contribution is 9.11. The van der Waals surface area contributed by atoms with E-state index >= 15 is 0 Å². The van der Waals surface area contributed by atoms with Gasteiger partial charge in [-0.25, -0.2) is 17.4 Å². The summed E-state index contributed by atoms with van der Waals surface area (Å²) in [5, 5.41) is 4.03. The summed E-state index contributed by atoms with van der Waals surface area (Å²) in [6.45, 7) is 2.94. The van der Waals surface area contributed by atoms with Crippen LogP contribution in [0.15, 0.2) is 21.1 Å². The zero-order chi connectivity index (χ0) is 13.6. The van der Waals surface area contributed by atoms with Crippen molar-refractivity contribution in [1.29, 1.82) is 0 Å². The predicted molar refractivity (Wildman–Crippen MR) is 75.9 cm³/mol. The molecule has 2 aromatic heterocycles. The number of anilines is 1. The molecule has 0 amide bonds. The SMILES string of the molecule is Cc1sc(Br)cc1S(=O)(=O)N1CCCn2ncnc21. The molecule has 0 aliphatic carbocycles. The fraction of sp³-hybridized carbons (Fsp3) is 0.400. The van der Waals surface area contributed by atoms with E-state index < -0.39 is 10.0 Å². The molecular weight excluding hydrogens is 352 g/mol. The molecule has 1 aliphatic heterocycles. The lowest BCUT2D eigenvalue weighted by Crippen LogP contribution is -2.38. The van der Waals surface area contributed by atoms with E-state index in [0.29, 0.717) is 23.9 Å². The predicted octanol–water partition coefficient (Wildman–Crippen LogP) is 2.01. The second-order valence-electron chi connectivity index (χ2n) is 4.18. The van der Waals surface area contributed by atoms with Crippen LogP contribution in [0.1, 0.15) is 11.3 Å². The van der Waals surface area contributed by atoms with Gasteiger partial charge in [0.2, 0.25) is 5.95 Å². The summed E-state index contributed by atoms with van der Waals surface area (Å²) in [7, 11) is -3.56. The molecule has 0 saturated heterocycles. The van der Waals surface area contributed by atoms with E-state index in [1.807, 2.05) is 0 Å². The minimum Gasteiger partial charge on any atom is -0.234 e. The zero-order valence-electron chi connectivity index (χ0n) is 10.1. The van der Waals surface area contributed by atoms with E-state index in [2.05, 4.69) is 26.0 Å². The number of hydrogen-bond donors (Lipinski definition) is 0. The van der Waals surface area contributed by atoms with Crippen molar-refractivity contribution in [2.24, 2.45) is 0 Å². The van der Waals surface area contributed by atoms with Gasteiger partial charge in [0.25, 0.3) is 10.0 Å². The highest BCUT2D eigenvalue weighted by Gasteiger charge is 2.32. The van der Waals surface area contributed by atoms with Crippen molar-refractivity contribution in [2.45, 2.75) is 24.8 Å². The van der Waals surface area contributed by atoms with E-state index in [4.69, 9.17) is 0 Å². The first-order valence-electron chi connectivity index (χ1n) is 5.66. The zero-order valence-corrected chi connectivity index (χ0v) is 13.3. The topological polar surface area (TPSA) is 68.1 Å². The Balaban J connectivity index is 2.10. The second-order valence-corrected chi connectivity index (χ2v) is 8.65. The Morgan fingerprint density at radius 3 is 2.89 bits per heavy atom. The average molecular weight is 363 g/mol. The van der Waals surface area contributed by atoms with Gasteiger partial charge < -0.3 is 0 Å². The Labute approximate surface area is 123 Å². The van der Waals surface area contributed by atoms with E-state index in [0.717, 1.165) is 15.1 Å². The molecule has 0 N–H and O–H groups in total. The molecule has 3 rings (SSSR count). The van der Waals surface area contributed by atoms with E-state index in [-0.39, 0.29) is 0 Å². The monoisotopic (exact) mass is 362 g/mol. The number of nitrogens with zero attached hydrogens (tertiary/aromatic N) is 4. The van der Waals surface area contributed by atoms with E-state index in [1.54, 1.807) is 17.7 Å². The van der Waals surface area contributed by atoms with Gasteiger partial charge in [-0.15, -0.1) is 11.3 Å². The summed E-state index contributed by atoms with van der Waals surface area (Å²) in [6, 6.07) is 1.64. The summed E-state index contributed by atoms with van der Waals surface area (Å²) in [5.74, 6) is 0.396. The van der Waals surface area contributed by atoms with Crippen molar-refractivity contribution >= 4 is 43.2 Å². The van der Waals surface area contributed by atoms with Gasteiger partial charge in [-0.1, -0.05) is 0 Å². The second kappa shape index (κ2) is 4.57. The van der Waals surface area contributed by atoms with Crippen molar-refractivity contribution < 1.29 is 8.42 Å². The number of sulfonamides is 1. The summed E-state index contributed by atoms with van der Waals surface area (Å²) < 4.78 is 29.2. The molecule has 2 aromatic rings. The van der Waals surface area contributed by atoms with Gasteiger partial charge in [0.05, 0.1) is 3.79 Å². The average Bonchev–Trinajstić information content (AvgIpc) is 2.94.